The number of halogens is 1. The third kappa shape index (κ3) is 1.95. The highest BCUT2D eigenvalue weighted by Gasteiger charge is 2.39. The van der Waals surface area contributed by atoms with Gasteiger partial charge in [-0.15, -0.1) is 0 Å². The molecule has 0 fully saturated rings. The van der Waals surface area contributed by atoms with Crippen molar-refractivity contribution in [2.75, 3.05) is 4.90 Å². The third-order valence-electron chi connectivity index (χ3n) is 5.03. The van der Waals surface area contributed by atoms with Crippen LogP contribution in [-0.4, -0.2) is 6.04 Å². The van der Waals surface area contributed by atoms with Gasteiger partial charge in [-0.3, -0.25) is 0 Å². The molecule has 3 aromatic carbocycles. The molecule has 0 saturated heterocycles. The number of para-hydroxylation sites is 1. The number of nitrogens with zero attached hydrogens (tertiary/aromatic N) is 1. The first-order valence-electron chi connectivity index (χ1n) is 8.24. The minimum absolute atomic E-state index is 0.274. The molecule has 5 rings (SSSR count). The Kier molecular flexibility index (Phi) is 3.04. The molecule has 0 radical (unpaired) electrons. The minimum atomic E-state index is 0.274. The van der Waals surface area contributed by atoms with Crippen LogP contribution in [0.1, 0.15) is 11.5 Å². The first kappa shape index (κ1) is 13.9. The van der Waals surface area contributed by atoms with Gasteiger partial charge in [-0.2, -0.15) is 0 Å². The number of fused-ring (bicyclic) bond motifs is 5. The van der Waals surface area contributed by atoms with E-state index in [9.17, 15) is 0 Å². The van der Waals surface area contributed by atoms with Crippen LogP contribution in [0.2, 0.25) is 0 Å². The maximum Gasteiger partial charge on any atom is 0.0630 e. The lowest BCUT2D eigenvalue weighted by molar-refractivity contribution is 0.745. The van der Waals surface area contributed by atoms with Gasteiger partial charge in [-0.05, 0) is 40.6 Å². The van der Waals surface area contributed by atoms with E-state index in [2.05, 4.69) is 83.8 Å². The minimum Gasteiger partial charge on any atom is -0.333 e. The molecule has 0 aromatic heterocycles. The topological polar surface area (TPSA) is 3.24 Å². The second-order valence-corrected chi connectivity index (χ2v) is 6.79. The lowest BCUT2D eigenvalue weighted by atomic mass is 9.88. The number of allylic oxidation sites excluding steroid dienone is 2. The summed E-state index contributed by atoms with van der Waals surface area (Å²) >= 11 is 6.35. The number of anilines is 2. The summed E-state index contributed by atoms with van der Waals surface area (Å²) in [7, 11) is 0. The number of benzene rings is 3. The first-order valence-corrected chi connectivity index (χ1v) is 8.62. The summed E-state index contributed by atoms with van der Waals surface area (Å²) in [6.45, 7) is 0. The van der Waals surface area contributed by atoms with Crippen molar-refractivity contribution in [3.63, 3.8) is 0 Å². The predicted molar refractivity (Wildman–Crippen MR) is 102 cm³/mol. The summed E-state index contributed by atoms with van der Waals surface area (Å²) in [6.07, 6.45) is 6.45. The zero-order valence-corrected chi connectivity index (χ0v) is 13.8. The van der Waals surface area contributed by atoms with Gasteiger partial charge < -0.3 is 4.90 Å². The Morgan fingerprint density at radius 2 is 1.62 bits per heavy atom. The average molecular weight is 330 g/mol. The summed E-state index contributed by atoms with van der Waals surface area (Å²) in [5.41, 5.74) is 3.88. The molecule has 0 amide bonds. The normalized spacial score (nSPS) is 21.5. The van der Waals surface area contributed by atoms with Crippen LogP contribution in [0.3, 0.4) is 0 Å². The zero-order valence-electron chi connectivity index (χ0n) is 13.1. The average Bonchev–Trinajstić information content (AvgIpc) is 2.96. The van der Waals surface area contributed by atoms with Gasteiger partial charge in [0.15, 0.2) is 0 Å². The Bertz CT molecular complexity index is 987. The van der Waals surface area contributed by atoms with Gasteiger partial charge in [-0.1, -0.05) is 72.3 Å². The Morgan fingerprint density at radius 1 is 0.833 bits per heavy atom. The Morgan fingerprint density at radius 3 is 2.50 bits per heavy atom. The van der Waals surface area contributed by atoms with Crippen molar-refractivity contribution in [3.05, 3.63) is 95.6 Å². The van der Waals surface area contributed by atoms with Crippen LogP contribution in [0.25, 0.3) is 10.8 Å². The van der Waals surface area contributed by atoms with Crippen LogP contribution in [-0.2, 0) is 0 Å². The van der Waals surface area contributed by atoms with Crippen LogP contribution < -0.4 is 4.90 Å². The molecule has 2 heteroatoms. The molecular formula is C22H16ClN. The van der Waals surface area contributed by atoms with Crippen molar-refractivity contribution < 1.29 is 0 Å². The fourth-order valence-corrected chi connectivity index (χ4v) is 4.25. The highest BCUT2D eigenvalue weighted by atomic mass is 35.5. The highest BCUT2D eigenvalue weighted by Crippen LogP contribution is 2.50. The summed E-state index contributed by atoms with van der Waals surface area (Å²) in [6, 6.07) is 24.0. The molecule has 2 aliphatic rings. The molecule has 1 aliphatic carbocycles. The zero-order chi connectivity index (χ0) is 16.1. The molecule has 0 N–H and O–H groups in total. The van der Waals surface area contributed by atoms with E-state index in [1.807, 2.05) is 6.08 Å². The van der Waals surface area contributed by atoms with Gasteiger partial charge in [0.25, 0.3) is 0 Å². The van der Waals surface area contributed by atoms with Gasteiger partial charge in [0.05, 0.1) is 6.04 Å². The molecule has 1 heterocycles. The molecule has 1 aliphatic heterocycles. The van der Waals surface area contributed by atoms with E-state index in [1.165, 1.54) is 27.7 Å². The maximum atomic E-state index is 6.35. The smallest absolute Gasteiger partial charge is 0.0630 e. The second-order valence-electron chi connectivity index (χ2n) is 6.35. The van der Waals surface area contributed by atoms with E-state index in [0.717, 1.165) is 5.03 Å². The molecular weight excluding hydrogens is 314 g/mol. The SMILES string of the molecule is ClC1=CC2c3c(ccc4ccccc34)N(c3ccccc3)[C@@H]2C=C1. The molecule has 1 unspecified atom stereocenters. The molecule has 0 saturated carbocycles. The van der Waals surface area contributed by atoms with Crippen LogP contribution in [0, 0.1) is 0 Å². The summed E-state index contributed by atoms with van der Waals surface area (Å²) < 4.78 is 0. The van der Waals surface area contributed by atoms with Crippen LogP contribution >= 0.6 is 11.6 Å². The molecule has 116 valence electrons. The van der Waals surface area contributed by atoms with Crippen molar-refractivity contribution in [1.82, 2.24) is 0 Å². The fraction of sp³-hybridized carbons (Fsp3) is 0.0909. The van der Waals surface area contributed by atoms with Gasteiger partial charge in [0, 0.05) is 22.3 Å². The van der Waals surface area contributed by atoms with E-state index in [-0.39, 0.29) is 12.0 Å². The van der Waals surface area contributed by atoms with E-state index < -0.39 is 0 Å². The van der Waals surface area contributed by atoms with E-state index in [4.69, 9.17) is 11.6 Å². The van der Waals surface area contributed by atoms with Crippen LogP contribution in [0.15, 0.2) is 90.0 Å². The van der Waals surface area contributed by atoms with Gasteiger partial charge in [-0.25, -0.2) is 0 Å². The van der Waals surface area contributed by atoms with Crippen molar-refractivity contribution in [3.8, 4) is 0 Å². The van der Waals surface area contributed by atoms with E-state index in [1.54, 1.807) is 0 Å². The maximum absolute atomic E-state index is 6.35. The molecule has 0 bridgehead atoms. The van der Waals surface area contributed by atoms with Crippen molar-refractivity contribution in [2.45, 2.75) is 12.0 Å². The Hall–Kier alpha value is -2.51. The molecule has 0 spiro atoms. The van der Waals surface area contributed by atoms with Gasteiger partial charge in [0.1, 0.15) is 0 Å². The molecule has 2 atom stereocenters. The van der Waals surface area contributed by atoms with Crippen LogP contribution in [0.5, 0.6) is 0 Å². The summed E-state index contributed by atoms with van der Waals surface area (Å²) in [5, 5.41) is 3.42. The predicted octanol–water partition coefficient (Wildman–Crippen LogP) is 6.14. The first-order chi connectivity index (χ1) is 11.8. The summed E-state index contributed by atoms with van der Waals surface area (Å²) in [4.78, 5) is 2.43. The third-order valence-corrected chi connectivity index (χ3v) is 5.28. The quantitative estimate of drug-likeness (QED) is 0.518. The lowest BCUT2D eigenvalue weighted by Crippen LogP contribution is -2.28. The second kappa shape index (κ2) is 5.25. The van der Waals surface area contributed by atoms with Crippen molar-refractivity contribution in [1.29, 1.82) is 0 Å². The number of hydrogen-bond donors (Lipinski definition) is 0. The summed E-state index contributed by atoms with van der Waals surface area (Å²) in [5.74, 6) is 0.281. The molecule has 24 heavy (non-hydrogen) atoms. The number of rotatable bonds is 1. The van der Waals surface area contributed by atoms with Crippen LogP contribution in [0.4, 0.5) is 11.4 Å². The lowest BCUT2D eigenvalue weighted by Gasteiger charge is -2.29. The Labute approximate surface area is 146 Å². The Balaban J connectivity index is 1.81. The van der Waals surface area contributed by atoms with Crippen molar-refractivity contribution in [2.24, 2.45) is 0 Å². The van der Waals surface area contributed by atoms with E-state index >= 15 is 0 Å². The largest absolute Gasteiger partial charge is 0.333 e. The van der Waals surface area contributed by atoms with Gasteiger partial charge >= 0.3 is 0 Å². The molecule has 3 aromatic rings. The molecule has 1 nitrogen and oxygen atoms in total. The van der Waals surface area contributed by atoms with Gasteiger partial charge in [0.2, 0.25) is 0 Å². The van der Waals surface area contributed by atoms with Crippen molar-refractivity contribution >= 4 is 33.7 Å². The number of hydrogen-bond acceptors (Lipinski definition) is 1. The fourth-order valence-electron chi connectivity index (χ4n) is 4.04. The standard InChI is InChI=1S/C22H16ClN/c23-16-11-13-20-19(14-16)22-18-9-5-4-6-15(18)10-12-21(22)24(20)17-7-2-1-3-8-17/h1-14,19-20H/t19?,20-/m1/s1. The van der Waals surface area contributed by atoms with E-state index in [0.29, 0.717) is 0 Å². The highest BCUT2D eigenvalue weighted by molar-refractivity contribution is 6.31. The monoisotopic (exact) mass is 329 g/mol.